The lowest BCUT2D eigenvalue weighted by atomic mass is 10.1. The van der Waals surface area contributed by atoms with Crippen molar-refractivity contribution in [2.45, 2.75) is 0 Å². The minimum absolute atomic E-state index is 0.168. The molecule has 3 aromatic carbocycles. The highest BCUT2D eigenvalue weighted by Crippen LogP contribution is 2.26. The van der Waals surface area contributed by atoms with E-state index in [1.165, 1.54) is 6.08 Å². The van der Waals surface area contributed by atoms with Crippen LogP contribution in [0.2, 0.25) is 0 Å². The summed E-state index contributed by atoms with van der Waals surface area (Å²) in [6, 6.07) is 19.5. The van der Waals surface area contributed by atoms with Crippen molar-refractivity contribution < 1.29 is 9.53 Å². The first-order chi connectivity index (χ1) is 11.7. The highest BCUT2D eigenvalue weighted by molar-refractivity contribution is 9.10. The first kappa shape index (κ1) is 16.3. The third kappa shape index (κ3) is 3.66. The third-order valence-corrected chi connectivity index (χ3v) is 4.27. The summed E-state index contributed by atoms with van der Waals surface area (Å²) in [7, 11) is 1.62. The lowest BCUT2D eigenvalue weighted by Crippen LogP contribution is -2.07. The fourth-order valence-corrected chi connectivity index (χ4v) is 3.03. The van der Waals surface area contributed by atoms with Gasteiger partial charge < -0.3 is 10.1 Å². The zero-order chi connectivity index (χ0) is 16.9. The van der Waals surface area contributed by atoms with E-state index in [1.807, 2.05) is 60.7 Å². The monoisotopic (exact) mass is 381 g/mol. The number of anilines is 1. The topological polar surface area (TPSA) is 38.3 Å². The molecule has 0 spiro atoms. The van der Waals surface area contributed by atoms with Crippen molar-refractivity contribution in [2.75, 3.05) is 12.4 Å². The molecule has 0 aliphatic carbocycles. The summed E-state index contributed by atoms with van der Waals surface area (Å²) in [6.07, 6.45) is 3.29. The lowest BCUT2D eigenvalue weighted by Gasteiger charge is -2.07. The van der Waals surface area contributed by atoms with Crippen molar-refractivity contribution in [2.24, 2.45) is 0 Å². The van der Waals surface area contributed by atoms with Crippen LogP contribution in [-0.4, -0.2) is 13.0 Å². The second kappa shape index (κ2) is 7.32. The fourth-order valence-electron chi connectivity index (χ4n) is 2.47. The normalized spacial score (nSPS) is 10.9. The molecule has 0 unspecified atom stereocenters. The summed E-state index contributed by atoms with van der Waals surface area (Å²) < 4.78 is 6.04. The van der Waals surface area contributed by atoms with Gasteiger partial charge in [0.15, 0.2) is 0 Å². The molecule has 0 saturated carbocycles. The van der Waals surface area contributed by atoms with E-state index in [9.17, 15) is 4.79 Å². The number of carbonyl (C=O) groups is 1. The van der Waals surface area contributed by atoms with Gasteiger partial charge in [0, 0.05) is 17.1 Å². The number of ether oxygens (including phenoxy) is 1. The van der Waals surface area contributed by atoms with Gasteiger partial charge in [-0.3, -0.25) is 4.79 Å². The van der Waals surface area contributed by atoms with Crippen LogP contribution in [0.15, 0.2) is 71.2 Å². The van der Waals surface area contributed by atoms with Crippen molar-refractivity contribution in [3.63, 3.8) is 0 Å². The van der Waals surface area contributed by atoms with Gasteiger partial charge in [0.25, 0.3) is 0 Å². The second-order valence-corrected chi connectivity index (χ2v) is 6.10. The van der Waals surface area contributed by atoms with Crippen LogP contribution in [0.1, 0.15) is 5.56 Å². The molecule has 3 nitrogen and oxygen atoms in total. The smallest absolute Gasteiger partial charge is 0.248 e. The molecular weight excluding hydrogens is 366 g/mol. The standard InChI is InChI=1S/C20H16BrNO2/c1-24-19-11-9-14(13-17(19)21)10-12-20(23)22-18-8-4-6-15-5-2-3-7-16(15)18/h2-13H,1H3,(H,22,23). The summed E-state index contributed by atoms with van der Waals surface area (Å²) in [5, 5.41) is 5.05. The molecule has 0 bridgehead atoms. The Bertz CT molecular complexity index is 913. The molecule has 120 valence electrons. The average Bonchev–Trinajstić information content (AvgIpc) is 2.60. The van der Waals surface area contributed by atoms with Gasteiger partial charge in [-0.2, -0.15) is 0 Å². The lowest BCUT2D eigenvalue weighted by molar-refractivity contribution is -0.111. The Balaban J connectivity index is 1.76. The molecule has 1 amide bonds. The molecule has 0 radical (unpaired) electrons. The van der Waals surface area contributed by atoms with Crippen molar-refractivity contribution in [3.05, 3.63) is 76.8 Å². The second-order valence-electron chi connectivity index (χ2n) is 5.24. The van der Waals surface area contributed by atoms with Gasteiger partial charge in [-0.05, 0) is 51.2 Å². The number of methoxy groups -OCH3 is 1. The van der Waals surface area contributed by atoms with E-state index in [0.717, 1.165) is 32.2 Å². The van der Waals surface area contributed by atoms with Crippen LogP contribution in [0.5, 0.6) is 5.75 Å². The van der Waals surface area contributed by atoms with Crippen LogP contribution in [0.4, 0.5) is 5.69 Å². The maximum Gasteiger partial charge on any atom is 0.248 e. The van der Waals surface area contributed by atoms with Gasteiger partial charge in [-0.25, -0.2) is 0 Å². The molecule has 0 atom stereocenters. The van der Waals surface area contributed by atoms with Gasteiger partial charge in [-0.1, -0.05) is 42.5 Å². The maximum absolute atomic E-state index is 12.2. The van der Waals surface area contributed by atoms with E-state index in [4.69, 9.17) is 4.74 Å². The average molecular weight is 382 g/mol. The van der Waals surface area contributed by atoms with Crippen LogP contribution in [0, 0.1) is 0 Å². The Morgan fingerprint density at radius 1 is 1.08 bits per heavy atom. The quantitative estimate of drug-likeness (QED) is 0.625. The summed E-state index contributed by atoms with van der Waals surface area (Å²) in [4.78, 5) is 12.2. The summed E-state index contributed by atoms with van der Waals surface area (Å²) >= 11 is 3.44. The van der Waals surface area contributed by atoms with Crippen molar-refractivity contribution in [3.8, 4) is 5.75 Å². The van der Waals surface area contributed by atoms with Crippen LogP contribution < -0.4 is 10.1 Å². The Morgan fingerprint density at radius 3 is 2.67 bits per heavy atom. The van der Waals surface area contributed by atoms with E-state index in [2.05, 4.69) is 21.2 Å². The number of fused-ring (bicyclic) bond motifs is 1. The largest absolute Gasteiger partial charge is 0.496 e. The Hall–Kier alpha value is -2.59. The number of rotatable bonds is 4. The first-order valence-corrected chi connectivity index (χ1v) is 8.27. The number of benzene rings is 3. The molecule has 0 aliphatic rings. The first-order valence-electron chi connectivity index (χ1n) is 7.48. The molecule has 0 fully saturated rings. The number of halogens is 1. The fraction of sp³-hybridized carbons (Fsp3) is 0.0500. The molecule has 3 aromatic rings. The minimum atomic E-state index is -0.168. The molecule has 3 rings (SSSR count). The summed E-state index contributed by atoms with van der Waals surface area (Å²) in [6.45, 7) is 0. The third-order valence-electron chi connectivity index (χ3n) is 3.65. The summed E-state index contributed by atoms with van der Waals surface area (Å²) in [5.41, 5.74) is 1.72. The zero-order valence-electron chi connectivity index (χ0n) is 13.1. The van der Waals surface area contributed by atoms with Crippen molar-refractivity contribution >= 4 is 44.4 Å². The number of hydrogen-bond acceptors (Lipinski definition) is 2. The zero-order valence-corrected chi connectivity index (χ0v) is 14.7. The molecule has 4 heteroatoms. The number of carbonyl (C=O) groups excluding carboxylic acids is 1. The van der Waals surface area contributed by atoms with Gasteiger partial charge in [0.05, 0.1) is 11.6 Å². The highest BCUT2D eigenvalue weighted by atomic mass is 79.9. The molecule has 0 aromatic heterocycles. The van der Waals surface area contributed by atoms with Crippen LogP contribution >= 0.6 is 15.9 Å². The predicted molar refractivity (Wildman–Crippen MR) is 102 cm³/mol. The molecule has 1 N–H and O–H groups in total. The van der Waals surface area contributed by atoms with E-state index in [1.54, 1.807) is 13.2 Å². The molecule has 0 aliphatic heterocycles. The Labute approximate surface area is 149 Å². The summed E-state index contributed by atoms with van der Waals surface area (Å²) in [5.74, 6) is 0.589. The van der Waals surface area contributed by atoms with E-state index in [0.29, 0.717) is 0 Å². The molecule has 24 heavy (non-hydrogen) atoms. The molecular formula is C20H16BrNO2. The highest BCUT2D eigenvalue weighted by Gasteiger charge is 2.03. The van der Waals surface area contributed by atoms with E-state index < -0.39 is 0 Å². The van der Waals surface area contributed by atoms with Gasteiger partial charge in [-0.15, -0.1) is 0 Å². The van der Waals surface area contributed by atoms with E-state index >= 15 is 0 Å². The number of nitrogens with one attached hydrogen (secondary N) is 1. The maximum atomic E-state index is 12.2. The van der Waals surface area contributed by atoms with Crippen LogP contribution in [0.25, 0.3) is 16.8 Å². The minimum Gasteiger partial charge on any atom is -0.496 e. The van der Waals surface area contributed by atoms with Gasteiger partial charge in [0.2, 0.25) is 5.91 Å². The van der Waals surface area contributed by atoms with Crippen molar-refractivity contribution in [1.82, 2.24) is 0 Å². The van der Waals surface area contributed by atoms with Crippen molar-refractivity contribution in [1.29, 1.82) is 0 Å². The SMILES string of the molecule is COc1ccc(C=CC(=O)Nc2cccc3ccccc23)cc1Br. The molecule has 0 saturated heterocycles. The number of amides is 1. The van der Waals surface area contributed by atoms with Gasteiger partial charge >= 0.3 is 0 Å². The van der Waals surface area contributed by atoms with Crippen LogP contribution in [0.3, 0.4) is 0 Å². The molecule has 0 heterocycles. The van der Waals surface area contributed by atoms with E-state index in [-0.39, 0.29) is 5.91 Å². The Kier molecular flexibility index (Phi) is 4.96. The Morgan fingerprint density at radius 2 is 1.88 bits per heavy atom. The predicted octanol–water partition coefficient (Wildman–Crippen LogP) is 5.26. The van der Waals surface area contributed by atoms with Gasteiger partial charge in [0.1, 0.15) is 5.75 Å². The van der Waals surface area contributed by atoms with Crippen LogP contribution in [-0.2, 0) is 4.79 Å². The number of hydrogen-bond donors (Lipinski definition) is 1.